The second kappa shape index (κ2) is 7.28. The van der Waals surface area contributed by atoms with Crippen LogP contribution in [-0.4, -0.2) is 56.0 Å². The van der Waals surface area contributed by atoms with Crippen LogP contribution in [-0.2, 0) is 18.4 Å². The maximum absolute atomic E-state index is 13.2. The lowest BCUT2D eigenvalue weighted by atomic mass is 9.92. The number of H-pyrrole nitrogens is 1. The summed E-state index contributed by atoms with van der Waals surface area (Å²) in [7, 11) is 2.12. The fourth-order valence-electron chi connectivity index (χ4n) is 4.04. The summed E-state index contributed by atoms with van der Waals surface area (Å²) in [6.45, 7) is 8.96. The lowest BCUT2D eigenvalue weighted by Crippen LogP contribution is -2.40. The molecule has 28 heavy (non-hydrogen) atoms. The van der Waals surface area contributed by atoms with E-state index in [0.29, 0.717) is 5.69 Å². The molecule has 0 aromatic carbocycles. The Morgan fingerprint density at radius 3 is 2.82 bits per heavy atom. The zero-order valence-corrected chi connectivity index (χ0v) is 17.3. The zero-order chi connectivity index (χ0) is 19.9. The second-order valence-corrected chi connectivity index (χ2v) is 9.11. The minimum Gasteiger partial charge on any atom is -0.327 e. The highest BCUT2D eigenvalue weighted by molar-refractivity contribution is 5.92. The van der Waals surface area contributed by atoms with Gasteiger partial charge in [0.25, 0.3) is 5.91 Å². The lowest BCUT2D eigenvalue weighted by Gasteiger charge is -2.35. The minimum atomic E-state index is -0.0685. The van der Waals surface area contributed by atoms with Crippen LogP contribution in [0, 0.1) is 0 Å². The number of carbonyl (C=O) groups excluding carboxylic acids is 1. The molecular weight excluding hydrogens is 352 g/mol. The van der Waals surface area contributed by atoms with Crippen LogP contribution in [0.3, 0.4) is 0 Å². The van der Waals surface area contributed by atoms with E-state index in [0.717, 1.165) is 62.5 Å². The van der Waals surface area contributed by atoms with Crippen LogP contribution in [0.5, 0.6) is 0 Å². The molecule has 150 valence electrons. The Balaban J connectivity index is 1.60. The van der Waals surface area contributed by atoms with E-state index in [4.69, 9.17) is 4.98 Å². The number of piperidine rings is 1. The molecule has 1 atom stereocenters. The van der Waals surface area contributed by atoms with Crippen LogP contribution in [0.15, 0.2) is 12.3 Å². The van der Waals surface area contributed by atoms with Crippen molar-refractivity contribution < 1.29 is 4.79 Å². The van der Waals surface area contributed by atoms with Crippen molar-refractivity contribution in [2.75, 3.05) is 20.1 Å². The molecule has 4 heterocycles. The number of likely N-dealkylation sites (N-methyl/N-ethyl adjacent to an activating group) is 1. The van der Waals surface area contributed by atoms with Gasteiger partial charge in [0.15, 0.2) is 5.82 Å². The average molecular weight is 383 g/mol. The Morgan fingerprint density at radius 2 is 2.07 bits per heavy atom. The molecule has 0 unspecified atom stereocenters. The zero-order valence-electron chi connectivity index (χ0n) is 17.3. The van der Waals surface area contributed by atoms with Gasteiger partial charge in [0.2, 0.25) is 0 Å². The van der Waals surface area contributed by atoms with Gasteiger partial charge >= 0.3 is 0 Å². The van der Waals surface area contributed by atoms with E-state index in [2.05, 4.69) is 47.9 Å². The fraction of sp³-hybridized carbons (Fsp3) is 0.619. The normalized spacial score (nSPS) is 20.9. The summed E-state index contributed by atoms with van der Waals surface area (Å²) in [5.41, 5.74) is 3.72. The molecule has 0 bridgehead atoms. The molecule has 1 fully saturated rings. The number of amides is 1. The molecule has 2 aromatic rings. The Kier molecular flexibility index (Phi) is 4.95. The molecule has 1 N–H and O–H groups in total. The summed E-state index contributed by atoms with van der Waals surface area (Å²) < 4.78 is 0. The molecular formula is C21H30N6O. The molecule has 7 heteroatoms. The molecule has 1 amide bonds. The van der Waals surface area contributed by atoms with Crippen LogP contribution >= 0.6 is 0 Å². The largest absolute Gasteiger partial charge is 0.327 e. The van der Waals surface area contributed by atoms with Gasteiger partial charge < -0.3 is 9.80 Å². The van der Waals surface area contributed by atoms with Crippen LogP contribution in [0.25, 0.3) is 0 Å². The Hall–Kier alpha value is -2.28. The predicted octanol–water partition coefficient (Wildman–Crippen LogP) is 2.85. The number of hydrogen-bond donors (Lipinski definition) is 1. The molecule has 2 aliphatic heterocycles. The predicted molar refractivity (Wildman–Crippen MR) is 107 cm³/mol. The van der Waals surface area contributed by atoms with Gasteiger partial charge in [0.05, 0.1) is 6.04 Å². The standard InChI is InChI=1S/C21H30N6O/c1-21(2,3)18-11-16(24-25-18)20(28)27-9-6-5-7-17(27)19-22-12-14-13-26(4)10-8-15(14)23-19/h11-12,17H,5-10,13H2,1-4H3,(H,24,25)/t17-/m0/s1. The van der Waals surface area contributed by atoms with Gasteiger partial charge in [-0.05, 0) is 32.4 Å². The van der Waals surface area contributed by atoms with Gasteiger partial charge in [-0.2, -0.15) is 5.10 Å². The Morgan fingerprint density at radius 1 is 1.25 bits per heavy atom. The van der Waals surface area contributed by atoms with Crippen molar-refractivity contribution in [2.24, 2.45) is 0 Å². The van der Waals surface area contributed by atoms with Crippen molar-refractivity contribution in [2.45, 2.75) is 64.5 Å². The van der Waals surface area contributed by atoms with Gasteiger partial charge in [-0.1, -0.05) is 20.8 Å². The van der Waals surface area contributed by atoms with Crippen molar-refractivity contribution in [3.8, 4) is 0 Å². The molecule has 0 aliphatic carbocycles. The van der Waals surface area contributed by atoms with Gasteiger partial charge in [-0.25, -0.2) is 9.97 Å². The Bertz CT molecular complexity index is 868. The molecule has 7 nitrogen and oxygen atoms in total. The molecule has 4 rings (SSSR count). The first-order valence-electron chi connectivity index (χ1n) is 10.2. The molecule has 0 spiro atoms. The number of hydrogen-bond acceptors (Lipinski definition) is 5. The highest BCUT2D eigenvalue weighted by atomic mass is 16.2. The second-order valence-electron chi connectivity index (χ2n) is 9.11. The monoisotopic (exact) mass is 382 g/mol. The minimum absolute atomic E-state index is 0.0301. The third-order valence-corrected chi connectivity index (χ3v) is 5.81. The number of likely N-dealkylation sites (tertiary alicyclic amines) is 1. The topological polar surface area (TPSA) is 78.0 Å². The number of aromatic amines is 1. The van der Waals surface area contributed by atoms with Crippen LogP contribution < -0.4 is 0 Å². The summed E-state index contributed by atoms with van der Waals surface area (Å²) in [6.07, 6.45) is 5.90. The number of nitrogens with zero attached hydrogens (tertiary/aromatic N) is 5. The number of rotatable bonds is 2. The molecule has 2 aromatic heterocycles. The number of nitrogens with one attached hydrogen (secondary N) is 1. The average Bonchev–Trinajstić information content (AvgIpc) is 3.18. The van der Waals surface area contributed by atoms with Crippen LogP contribution in [0.2, 0.25) is 0 Å². The van der Waals surface area contributed by atoms with Crippen molar-refractivity contribution in [1.29, 1.82) is 0 Å². The van der Waals surface area contributed by atoms with E-state index in [9.17, 15) is 4.79 Å². The Labute approximate surface area is 166 Å². The fourth-order valence-corrected chi connectivity index (χ4v) is 4.04. The van der Waals surface area contributed by atoms with Crippen LogP contribution in [0.1, 0.15) is 79.3 Å². The van der Waals surface area contributed by atoms with Gasteiger partial charge in [0.1, 0.15) is 5.69 Å². The smallest absolute Gasteiger partial charge is 0.274 e. The highest BCUT2D eigenvalue weighted by Crippen LogP contribution is 2.31. The van der Waals surface area contributed by atoms with E-state index in [1.807, 2.05) is 17.2 Å². The van der Waals surface area contributed by atoms with Crippen molar-refractivity contribution >= 4 is 5.91 Å². The number of fused-ring (bicyclic) bond motifs is 1. The van der Waals surface area contributed by atoms with E-state index in [1.54, 1.807) is 0 Å². The van der Waals surface area contributed by atoms with Crippen molar-refractivity contribution in [3.05, 3.63) is 40.7 Å². The summed E-state index contributed by atoms with van der Waals surface area (Å²) in [6, 6.07) is 1.82. The van der Waals surface area contributed by atoms with E-state index >= 15 is 0 Å². The van der Waals surface area contributed by atoms with E-state index < -0.39 is 0 Å². The number of aromatic nitrogens is 4. The van der Waals surface area contributed by atoms with Gasteiger partial charge in [-0.15, -0.1) is 0 Å². The molecule has 0 radical (unpaired) electrons. The quantitative estimate of drug-likeness (QED) is 0.864. The molecule has 0 saturated carbocycles. The maximum Gasteiger partial charge on any atom is 0.274 e. The van der Waals surface area contributed by atoms with Crippen molar-refractivity contribution in [1.82, 2.24) is 30.0 Å². The van der Waals surface area contributed by atoms with E-state index in [-0.39, 0.29) is 17.4 Å². The van der Waals surface area contributed by atoms with Crippen molar-refractivity contribution in [3.63, 3.8) is 0 Å². The molecule has 2 aliphatic rings. The SMILES string of the molecule is CN1CCc2nc([C@@H]3CCCCN3C(=O)c3cc(C(C)(C)C)[nH]n3)ncc2C1. The summed E-state index contributed by atoms with van der Waals surface area (Å²) in [5, 5.41) is 7.33. The third-order valence-electron chi connectivity index (χ3n) is 5.81. The highest BCUT2D eigenvalue weighted by Gasteiger charge is 2.33. The number of carbonyl (C=O) groups is 1. The summed E-state index contributed by atoms with van der Waals surface area (Å²) in [4.78, 5) is 27.0. The first-order chi connectivity index (χ1) is 13.3. The van der Waals surface area contributed by atoms with Gasteiger partial charge in [-0.3, -0.25) is 9.89 Å². The first-order valence-corrected chi connectivity index (χ1v) is 10.2. The molecule has 1 saturated heterocycles. The summed E-state index contributed by atoms with van der Waals surface area (Å²) in [5.74, 6) is 0.750. The maximum atomic E-state index is 13.2. The lowest BCUT2D eigenvalue weighted by molar-refractivity contribution is 0.0593. The van der Waals surface area contributed by atoms with E-state index in [1.165, 1.54) is 5.56 Å². The summed E-state index contributed by atoms with van der Waals surface area (Å²) >= 11 is 0. The third kappa shape index (κ3) is 3.68. The first kappa shape index (κ1) is 19.1. The van der Waals surface area contributed by atoms with Gasteiger partial charge in [0, 0.05) is 54.6 Å². The van der Waals surface area contributed by atoms with Crippen LogP contribution in [0.4, 0.5) is 0 Å².